The molecule has 1 aliphatic rings. The maximum atomic E-state index is 6.61. The van der Waals surface area contributed by atoms with E-state index < -0.39 is 0 Å². The summed E-state index contributed by atoms with van der Waals surface area (Å²) in [5, 5.41) is 0. The zero-order valence-electron chi connectivity index (χ0n) is 13.1. The van der Waals surface area contributed by atoms with E-state index in [1.54, 1.807) is 0 Å². The molecule has 0 saturated carbocycles. The van der Waals surface area contributed by atoms with E-state index in [4.69, 9.17) is 5.73 Å². The van der Waals surface area contributed by atoms with Crippen molar-refractivity contribution < 1.29 is 0 Å². The summed E-state index contributed by atoms with van der Waals surface area (Å²) < 4.78 is 0. The largest absolute Gasteiger partial charge is 0.323 e. The van der Waals surface area contributed by atoms with E-state index in [9.17, 15) is 0 Å². The Morgan fingerprint density at radius 3 is 2.55 bits per heavy atom. The SMILES string of the molecule is CCC1CCCCCN1C(CC)C(N)c1ccccc1. The van der Waals surface area contributed by atoms with Gasteiger partial charge in [-0.15, -0.1) is 0 Å². The molecule has 2 heteroatoms. The van der Waals surface area contributed by atoms with E-state index in [1.807, 2.05) is 0 Å². The van der Waals surface area contributed by atoms with Gasteiger partial charge < -0.3 is 5.73 Å². The first-order chi connectivity index (χ1) is 9.77. The van der Waals surface area contributed by atoms with Crippen LogP contribution in [0.3, 0.4) is 0 Å². The van der Waals surface area contributed by atoms with Gasteiger partial charge in [0.1, 0.15) is 0 Å². The topological polar surface area (TPSA) is 29.3 Å². The summed E-state index contributed by atoms with van der Waals surface area (Å²) >= 11 is 0. The number of nitrogens with two attached hydrogens (primary N) is 1. The predicted molar refractivity (Wildman–Crippen MR) is 86.7 cm³/mol. The van der Waals surface area contributed by atoms with Gasteiger partial charge in [0.2, 0.25) is 0 Å². The molecule has 2 nitrogen and oxygen atoms in total. The summed E-state index contributed by atoms with van der Waals surface area (Å²) in [7, 11) is 0. The van der Waals surface area contributed by atoms with Crippen molar-refractivity contribution >= 4 is 0 Å². The molecule has 1 aliphatic heterocycles. The average Bonchev–Trinajstić information content (AvgIpc) is 2.74. The Morgan fingerprint density at radius 2 is 1.90 bits per heavy atom. The maximum absolute atomic E-state index is 6.61. The summed E-state index contributed by atoms with van der Waals surface area (Å²) in [6.45, 7) is 5.83. The lowest BCUT2D eigenvalue weighted by Gasteiger charge is -2.39. The third-order valence-electron chi connectivity index (χ3n) is 4.84. The lowest BCUT2D eigenvalue weighted by molar-refractivity contribution is 0.110. The fraction of sp³-hybridized carbons (Fsp3) is 0.667. The molecule has 0 aliphatic carbocycles. The number of likely N-dealkylation sites (tertiary alicyclic amines) is 1. The summed E-state index contributed by atoms with van der Waals surface area (Å²) in [6, 6.07) is 11.9. The van der Waals surface area contributed by atoms with Gasteiger partial charge >= 0.3 is 0 Å². The van der Waals surface area contributed by atoms with E-state index in [1.165, 1.54) is 44.2 Å². The number of rotatable bonds is 5. The van der Waals surface area contributed by atoms with Gasteiger partial charge in [-0.25, -0.2) is 0 Å². The minimum atomic E-state index is 0.133. The van der Waals surface area contributed by atoms with Crippen LogP contribution in [-0.4, -0.2) is 23.5 Å². The number of nitrogens with zero attached hydrogens (tertiary/aromatic N) is 1. The molecule has 0 aromatic heterocycles. The molecule has 0 amide bonds. The molecule has 0 spiro atoms. The van der Waals surface area contributed by atoms with Crippen molar-refractivity contribution in [3.63, 3.8) is 0 Å². The molecule has 0 bridgehead atoms. The van der Waals surface area contributed by atoms with Crippen molar-refractivity contribution in [2.75, 3.05) is 6.54 Å². The second-order valence-electron chi connectivity index (χ2n) is 6.06. The molecule has 20 heavy (non-hydrogen) atoms. The minimum Gasteiger partial charge on any atom is -0.323 e. The van der Waals surface area contributed by atoms with Crippen LogP contribution in [0.2, 0.25) is 0 Å². The van der Waals surface area contributed by atoms with E-state index >= 15 is 0 Å². The van der Waals surface area contributed by atoms with Gasteiger partial charge in [0.05, 0.1) is 0 Å². The Bertz CT molecular complexity index is 376. The van der Waals surface area contributed by atoms with Crippen LogP contribution in [0.25, 0.3) is 0 Å². The lowest BCUT2D eigenvalue weighted by Crippen LogP contribution is -2.47. The molecule has 1 aromatic carbocycles. The van der Waals surface area contributed by atoms with Crippen LogP contribution in [0, 0.1) is 0 Å². The quantitative estimate of drug-likeness (QED) is 0.875. The fourth-order valence-corrected chi connectivity index (χ4v) is 3.67. The second kappa shape index (κ2) is 7.80. The second-order valence-corrected chi connectivity index (χ2v) is 6.06. The molecular formula is C18H30N2. The molecule has 2 rings (SSSR count). The molecular weight excluding hydrogens is 244 g/mol. The van der Waals surface area contributed by atoms with Crippen molar-refractivity contribution in [3.05, 3.63) is 35.9 Å². The van der Waals surface area contributed by atoms with Gasteiger partial charge in [0, 0.05) is 18.1 Å². The van der Waals surface area contributed by atoms with E-state index in [2.05, 4.69) is 49.1 Å². The molecule has 1 heterocycles. The van der Waals surface area contributed by atoms with Crippen LogP contribution in [0.4, 0.5) is 0 Å². The monoisotopic (exact) mass is 274 g/mol. The first-order valence-electron chi connectivity index (χ1n) is 8.34. The Balaban J connectivity index is 2.16. The molecule has 2 N–H and O–H groups in total. The van der Waals surface area contributed by atoms with Gasteiger partial charge in [-0.1, -0.05) is 57.0 Å². The van der Waals surface area contributed by atoms with Crippen LogP contribution < -0.4 is 5.73 Å². The normalized spacial score (nSPS) is 24.1. The van der Waals surface area contributed by atoms with Crippen molar-refractivity contribution in [1.29, 1.82) is 0 Å². The number of hydrogen-bond donors (Lipinski definition) is 1. The maximum Gasteiger partial charge on any atom is 0.0453 e. The van der Waals surface area contributed by atoms with Crippen molar-refractivity contribution in [3.8, 4) is 0 Å². The van der Waals surface area contributed by atoms with E-state index in [0.717, 1.165) is 12.5 Å². The number of hydrogen-bond acceptors (Lipinski definition) is 2. The van der Waals surface area contributed by atoms with Crippen molar-refractivity contribution in [1.82, 2.24) is 4.90 Å². The van der Waals surface area contributed by atoms with Gasteiger partial charge in [-0.3, -0.25) is 4.90 Å². The molecule has 3 atom stereocenters. The predicted octanol–water partition coefficient (Wildman–Crippen LogP) is 4.12. The van der Waals surface area contributed by atoms with Crippen molar-refractivity contribution in [2.45, 2.75) is 70.5 Å². The van der Waals surface area contributed by atoms with Gasteiger partial charge in [0.25, 0.3) is 0 Å². The average molecular weight is 274 g/mol. The van der Waals surface area contributed by atoms with Crippen LogP contribution in [0.15, 0.2) is 30.3 Å². The third-order valence-corrected chi connectivity index (χ3v) is 4.84. The lowest BCUT2D eigenvalue weighted by atomic mass is 9.94. The molecule has 112 valence electrons. The van der Waals surface area contributed by atoms with Crippen molar-refractivity contribution in [2.24, 2.45) is 5.73 Å². The summed E-state index contributed by atoms with van der Waals surface area (Å²) in [6.07, 6.45) is 7.81. The van der Waals surface area contributed by atoms with Crippen LogP contribution >= 0.6 is 0 Å². The Kier molecular flexibility index (Phi) is 6.06. The summed E-state index contributed by atoms with van der Waals surface area (Å²) in [5.74, 6) is 0. The highest BCUT2D eigenvalue weighted by molar-refractivity contribution is 5.20. The fourth-order valence-electron chi connectivity index (χ4n) is 3.67. The highest BCUT2D eigenvalue weighted by atomic mass is 15.2. The standard InChI is InChI=1S/C18H30N2/c1-3-16-13-9-6-10-14-20(16)17(4-2)18(19)15-11-7-5-8-12-15/h5,7-8,11-12,16-18H,3-4,6,9-10,13-14,19H2,1-2H3. The molecule has 3 unspecified atom stereocenters. The van der Waals surface area contributed by atoms with Crippen LogP contribution in [0.5, 0.6) is 0 Å². The Labute approximate surface area is 124 Å². The molecule has 1 saturated heterocycles. The zero-order chi connectivity index (χ0) is 14.4. The van der Waals surface area contributed by atoms with Gasteiger partial charge in [0.15, 0.2) is 0 Å². The Morgan fingerprint density at radius 1 is 1.15 bits per heavy atom. The highest BCUT2D eigenvalue weighted by Crippen LogP contribution is 2.28. The highest BCUT2D eigenvalue weighted by Gasteiger charge is 2.30. The van der Waals surface area contributed by atoms with Gasteiger partial charge in [-0.2, -0.15) is 0 Å². The molecule has 0 radical (unpaired) electrons. The zero-order valence-corrected chi connectivity index (χ0v) is 13.1. The summed E-state index contributed by atoms with van der Waals surface area (Å²) in [4.78, 5) is 2.71. The van der Waals surface area contributed by atoms with E-state index in [0.29, 0.717) is 6.04 Å². The number of benzene rings is 1. The van der Waals surface area contributed by atoms with E-state index in [-0.39, 0.29) is 6.04 Å². The minimum absolute atomic E-state index is 0.133. The molecule has 1 aromatic rings. The smallest absolute Gasteiger partial charge is 0.0453 e. The van der Waals surface area contributed by atoms with Crippen LogP contribution in [0.1, 0.15) is 64.0 Å². The first kappa shape index (κ1) is 15.5. The molecule has 1 fully saturated rings. The van der Waals surface area contributed by atoms with Crippen LogP contribution in [-0.2, 0) is 0 Å². The van der Waals surface area contributed by atoms with Gasteiger partial charge in [-0.05, 0) is 37.8 Å². The summed E-state index contributed by atoms with van der Waals surface area (Å²) in [5.41, 5.74) is 7.88. The first-order valence-corrected chi connectivity index (χ1v) is 8.34. The third kappa shape index (κ3) is 3.62. The Hall–Kier alpha value is -0.860.